The highest BCUT2D eigenvalue weighted by Gasteiger charge is 2.19. The molecule has 0 aromatic carbocycles. The molecule has 0 radical (unpaired) electrons. The first kappa shape index (κ1) is 56.5. The molecule has 60 heavy (non-hydrogen) atoms. The van der Waals surface area contributed by atoms with E-state index in [4.69, 9.17) is 14.9 Å². The molecular weight excluding hydrogens is 753 g/mol. The number of nitrogens with one attached hydrogen (secondary N) is 2. The number of ether oxygens (including phenoxy) is 1. The number of hydrogen-bond acceptors (Lipinski definition) is 6. The Hall–Kier alpha value is -3.46. The molecule has 0 aliphatic rings. The van der Waals surface area contributed by atoms with Gasteiger partial charge < -0.3 is 25.6 Å². The maximum Gasteiger partial charge on any atom is 0.328 e. The maximum atomic E-state index is 12.8. The van der Waals surface area contributed by atoms with Crippen molar-refractivity contribution >= 4 is 23.8 Å². The van der Waals surface area contributed by atoms with Gasteiger partial charge in [0.2, 0.25) is 11.8 Å². The standard InChI is InChI=1S/C51H88N2O7/c1-3-5-7-9-11-13-15-16-17-18-19-20-21-22-23-24-26-28-30-35-39-43-50(57)60-46(40-36-32-29-27-25-14-12-10-8-6-4-2)41-37-33-31-34-38-42-48(55)52-44-49(56)53-47(45-54)51(58)59/h5,7,11,13,16-17,19-20,27,29,46-47,54H,3-4,6,8-10,12,14-15,18,21-26,28,30-45H2,1-2H3,(H,52,55)(H,53,56)(H,58,59)/b7-5-,13-11-,17-16-,20-19-,29-27-. The van der Waals surface area contributed by atoms with Gasteiger partial charge in [-0.1, -0.05) is 164 Å². The number of carboxylic acids is 1. The van der Waals surface area contributed by atoms with E-state index in [1.54, 1.807) is 0 Å². The van der Waals surface area contributed by atoms with E-state index in [0.29, 0.717) is 12.8 Å². The topological polar surface area (TPSA) is 142 Å². The molecule has 0 saturated heterocycles. The van der Waals surface area contributed by atoms with Crippen LogP contribution in [0.5, 0.6) is 0 Å². The Labute approximate surface area is 366 Å². The molecule has 2 atom stereocenters. The zero-order valence-corrected chi connectivity index (χ0v) is 38.2. The molecule has 0 fully saturated rings. The fraction of sp³-hybridized carbons (Fsp3) is 0.725. The monoisotopic (exact) mass is 841 g/mol. The predicted octanol–water partition coefficient (Wildman–Crippen LogP) is 12.5. The van der Waals surface area contributed by atoms with Crippen molar-refractivity contribution in [1.82, 2.24) is 10.6 Å². The Bertz CT molecular complexity index is 1190. The zero-order chi connectivity index (χ0) is 44.0. The number of allylic oxidation sites excluding steroid dienone is 10. The quantitative estimate of drug-likeness (QED) is 0.0272. The van der Waals surface area contributed by atoms with E-state index in [9.17, 15) is 19.2 Å². The van der Waals surface area contributed by atoms with Gasteiger partial charge in [-0.05, 0) is 96.3 Å². The second kappa shape index (κ2) is 45.1. The largest absolute Gasteiger partial charge is 0.480 e. The number of carbonyl (C=O) groups is 4. The summed E-state index contributed by atoms with van der Waals surface area (Å²) < 4.78 is 6.03. The Kier molecular flexibility index (Phi) is 42.5. The molecule has 0 rings (SSSR count). The van der Waals surface area contributed by atoms with Crippen LogP contribution in [-0.2, 0) is 23.9 Å². The third kappa shape index (κ3) is 41.3. The molecule has 0 spiro atoms. The molecule has 0 aliphatic carbocycles. The summed E-state index contributed by atoms with van der Waals surface area (Å²) in [5.74, 6) is -2.32. The van der Waals surface area contributed by atoms with Gasteiger partial charge in [0.1, 0.15) is 12.1 Å². The van der Waals surface area contributed by atoms with Crippen molar-refractivity contribution in [3.63, 3.8) is 0 Å². The smallest absolute Gasteiger partial charge is 0.328 e. The molecule has 9 nitrogen and oxygen atoms in total. The lowest BCUT2D eigenvalue weighted by Gasteiger charge is -2.18. The van der Waals surface area contributed by atoms with Crippen LogP contribution in [0.4, 0.5) is 0 Å². The Morgan fingerprint density at radius 3 is 1.52 bits per heavy atom. The first-order valence-electron chi connectivity index (χ1n) is 24.2. The fourth-order valence-corrected chi connectivity index (χ4v) is 6.82. The number of unbranched alkanes of at least 4 members (excludes halogenated alkanes) is 19. The zero-order valence-electron chi connectivity index (χ0n) is 38.2. The lowest BCUT2D eigenvalue weighted by atomic mass is 10.0. The number of carboxylic acid groups (broad SMARTS) is 1. The number of aliphatic hydroxyl groups excluding tert-OH is 1. The number of rotatable bonds is 43. The summed E-state index contributed by atoms with van der Waals surface area (Å²) in [4.78, 5) is 47.7. The summed E-state index contributed by atoms with van der Waals surface area (Å²) in [6, 6.07) is -1.39. The van der Waals surface area contributed by atoms with E-state index < -0.39 is 24.5 Å². The molecule has 344 valence electrons. The van der Waals surface area contributed by atoms with E-state index in [1.165, 1.54) is 77.0 Å². The van der Waals surface area contributed by atoms with Gasteiger partial charge in [0.15, 0.2) is 0 Å². The molecule has 0 heterocycles. The summed E-state index contributed by atoms with van der Waals surface area (Å²) in [6.45, 7) is 3.36. The highest BCUT2D eigenvalue weighted by Crippen LogP contribution is 2.18. The van der Waals surface area contributed by atoms with Crippen molar-refractivity contribution in [2.75, 3.05) is 13.2 Å². The van der Waals surface area contributed by atoms with Gasteiger partial charge in [-0.2, -0.15) is 0 Å². The second-order valence-electron chi connectivity index (χ2n) is 16.2. The van der Waals surface area contributed by atoms with Crippen LogP contribution >= 0.6 is 0 Å². The van der Waals surface area contributed by atoms with Gasteiger partial charge >= 0.3 is 11.9 Å². The van der Waals surface area contributed by atoms with Crippen molar-refractivity contribution < 1.29 is 34.1 Å². The summed E-state index contributed by atoms with van der Waals surface area (Å²) in [5, 5.41) is 22.6. The van der Waals surface area contributed by atoms with Crippen LogP contribution in [0, 0.1) is 0 Å². The van der Waals surface area contributed by atoms with Gasteiger partial charge in [-0.3, -0.25) is 14.4 Å². The van der Waals surface area contributed by atoms with E-state index in [1.807, 2.05) is 0 Å². The van der Waals surface area contributed by atoms with Crippen molar-refractivity contribution in [2.24, 2.45) is 0 Å². The van der Waals surface area contributed by atoms with Crippen LogP contribution < -0.4 is 10.6 Å². The molecule has 2 unspecified atom stereocenters. The average molecular weight is 841 g/mol. The summed E-state index contributed by atoms with van der Waals surface area (Å²) >= 11 is 0. The number of aliphatic carboxylic acids is 1. The van der Waals surface area contributed by atoms with Crippen LogP contribution in [0.3, 0.4) is 0 Å². The molecular formula is C51H88N2O7. The minimum Gasteiger partial charge on any atom is -0.480 e. The number of aliphatic hydroxyl groups is 1. The SMILES string of the molecule is CC/C=C\C/C=C\C/C=C\C/C=C\CCCCCCCCCCC(=O)OC(CCC/C=C\CCCCCCCC)CCCCCCCC(=O)NCC(=O)NC(CO)C(=O)O. The average Bonchev–Trinajstić information content (AvgIpc) is 3.23. The summed E-state index contributed by atoms with van der Waals surface area (Å²) in [5.41, 5.74) is 0. The predicted molar refractivity (Wildman–Crippen MR) is 250 cm³/mol. The number of hydrogen-bond donors (Lipinski definition) is 4. The Balaban J connectivity index is 4.28. The van der Waals surface area contributed by atoms with Crippen molar-refractivity contribution in [1.29, 1.82) is 0 Å². The summed E-state index contributed by atoms with van der Waals surface area (Å²) in [7, 11) is 0. The lowest BCUT2D eigenvalue weighted by molar-refractivity contribution is -0.150. The van der Waals surface area contributed by atoms with Gasteiger partial charge in [-0.25, -0.2) is 4.79 Å². The summed E-state index contributed by atoms with van der Waals surface area (Å²) in [6.07, 6.45) is 55.4. The van der Waals surface area contributed by atoms with Crippen molar-refractivity contribution in [2.45, 2.75) is 225 Å². The third-order valence-electron chi connectivity index (χ3n) is 10.5. The highest BCUT2D eigenvalue weighted by molar-refractivity contribution is 5.87. The maximum absolute atomic E-state index is 12.8. The van der Waals surface area contributed by atoms with Crippen LogP contribution in [-0.4, -0.2) is 59.3 Å². The lowest BCUT2D eigenvalue weighted by Crippen LogP contribution is -2.47. The van der Waals surface area contributed by atoms with E-state index in [-0.39, 0.29) is 30.9 Å². The van der Waals surface area contributed by atoms with Crippen molar-refractivity contribution in [3.05, 3.63) is 60.8 Å². The molecule has 0 saturated carbocycles. The molecule has 2 amide bonds. The Morgan fingerprint density at radius 1 is 0.517 bits per heavy atom. The third-order valence-corrected chi connectivity index (χ3v) is 10.5. The minimum atomic E-state index is -1.39. The first-order valence-corrected chi connectivity index (χ1v) is 24.2. The van der Waals surface area contributed by atoms with Crippen LogP contribution in [0.1, 0.15) is 213 Å². The van der Waals surface area contributed by atoms with Crippen LogP contribution in [0.15, 0.2) is 60.8 Å². The number of carbonyl (C=O) groups excluding carboxylic acids is 3. The highest BCUT2D eigenvalue weighted by atomic mass is 16.5. The van der Waals surface area contributed by atoms with Gasteiger partial charge in [-0.15, -0.1) is 0 Å². The van der Waals surface area contributed by atoms with Crippen LogP contribution in [0.2, 0.25) is 0 Å². The minimum absolute atomic E-state index is 0.0513. The molecule has 0 aliphatic heterocycles. The van der Waals surface area contributed by atoms with E-state index in [0.717, 1.165) is 103 Å². The number of esters is 1. The molecule has 0 aromatic heterocycles. The fourth-order valence-electron chi connectivity index (χ4n) is 6.82. The normalized spacial score (nSPS) is 13.0. The van der Waals surface area contributed by atoms with Gasteiger partial charge in [0.25, 0.3) is 0 Å². The first-order chi connectivity index (χ1) is 29.3. The molecule has 4 N–H and O–H groups in total. The van der Waals surface area contributed by atoms with E-state index >= 15 is 0 Å². The van der Waals surface area contributed by atoms with Gasteiger partial charge in [0, 0.05) is 12.8 Å². The number of amides is 2. The molecule has 9 heteroatoms. The van der Waals surface area contributed by atoms with E-state index in [2.05, 4.69) is 85.2 Å². The van der Waals surface area contributed by atoms with Crippen molar-refractivity contribution in [3.8, 4) is 0 Å². The second-order valence-corrected chi connectivity index (χ2v) is 16.2. The Morgan fingerprint density at radius 2 is 0.967 bits per heavy atom. The van der Waals surface area contributed by atoms with Gasteiger partial charge in [0.05, 0.1) is 13.2 Å². The molecule has 0 bridgehead atoms. The molecule has 0 aromatic rings. The van der Waals surface area contributed by atoms with Crippen LogP contribution in [0.25, 0.3) is 0 Å².